The molecule has 2 aromatic rings. The molecule has 1 aromatic carbocycles. The lowest BCUT2D eigenvalue weighted by atomic mass is 10.0. The van der Waals surface area contributed by atoms with Crippen molar-refractivity contribution in [3.05, 3.63) is 47.3 Å². The first-order valence-corrected chi connectivity index (χ1v) is 9.25. The third kappa shape index (κ3) is 3.21. The van der Waals surface area contributed by atoms with Gasteiger partial charge in [-0.05, 0) is 44.4 Å². The first-order chi connectivity index (χ1) is 12.1. The molecule has 0 saturated carbocycles. The molecule has 0 atom stereocenters. The predicted octanol–water partition coefficient (Wildman–Crippen LogP) is 2.73. The molecule has 1 saturated heterocycles. The monoisotopic (exact) mass is 338 g/mol. The van der Waals surface area contributed by atoms with Gasteiger partial charge in [0, 0.05) is 44.0 Å². The molecule has 132 valence electrons. The van der Waals surface area contributed by atoms with Gasteiger partial charge >= 0.3 is 0 Å². The van der Waals surface area contributed by atoms with Gasteiger partial charge in [-0.2, -0.15) is 5.10 Å². The molecule has 0 radical (unpaired) electrons. The lowest BCUT2D eigenvalue weighted by Gasteiger charge is -2.40. The topological polar surface area (TPSA) is 41.4 Å². The van der Waals surface area contributed by atoms with Crippen LogP contribution in [0, 0.1) is 13.8 Å². The Kier molecular flexibility index (Phi) is 4.34. The van der Waals surface area contributed by atoms with Crippen molar-refractivity contribution in [3.63, 3.8) is 0 Å². The Hall–Kier alpha value is -2.14. The average molecular weight is 338 g/mol. The predicted molar refractivity (Wildman–Crippen MR) is 98.9 cm³/mol. The number of aromatic nitrogens is 2. The highest BCUT2D eigenvalue weighted by Gasteiger charge is 2.30. The Labute approximate surface area is 149 Å². The maximum Gasteiger partial charge on any atom is 0.228 e. The fraction of sp³-hybridized carbons (Fsp3) is 0.500. The number of benzene rings is 1. The van der Waals surface area contributed by atoms with E-state index in [1.54, 1.807) is 0 Å². The first kappa shape index (κ1) is 16.3. The van der Waals surface area contributed by atoms with Crippen molar-refractivity contribution in [2.75, 3.05) is 31.1 Å². The molecule has 25 heavy (non-hydrogen) atoms. The summed E-state index contributed by atoms with van der Waals surface area (Å²) in [5, 5.41) is 4.58. The van der Waals surface area contributed by atoms with Crippen LogP contribution in [0.3, 0.4) is 0 Å². The molecule has 3 heterocycles. The van der Waals surface area contributed by atoms with Crippen LogP contribution in [-0.4, -0.2) is 46.8 Å². The Morgan fingerprint density at radius 1 is 1.24 bits per heavy atom. The van der Waals surface area contributed by atoms with Crippen LogP contribution in [0.2, 0.25) is 0 Å². The Balaban J connectivity index is 1.30. The Bertz CT molecular complexity index is 776. The SMILES string of the molecule is Cc1cc(C)n(C2CN(CCC(=O)N3CCCc4ccccc43)C2)n1. The van der Waals surface area contributed by atoms with E-state index < -0.39 is 0 Å². The molecule has 0 aliphatic carbocycles. The van der Waals surface area contributed by atoms with E-state index in [-0.39, 0.29) is 5.91 Å². The smallest absolute Gasteiger partial charge is 0.228 e. The van der Waals surface area contributed by atoms with Crippen molar-refractivity contribution in [1.29, 1.82) is 0 Å². The second kappa shape index (κ2) is 6.64. The number of carbonyl (C=O) groups is 1. The van der Waals surface area contributed by atoms with Gasteiger partial charge in [-0.1, -0.05) is 18.2 Å². The van der Waals surface area contributed by atoms with E-state index >= 15 is 0 Å². The minimum absolute atomic E-state index is 0.252. The number of fused-ring (bicyclic) bond motifs is 1. The number of rotatable bonds is 4. The number of hydrogen-bond acceptors (Lipinski definition) is 3. The fourth-order valence-electron chi connectivity index (χ4n) is 4.08. The van der Waals surface area contributed by atoms with E-state index in [1.807, 2.05) is 17.9 Å². The van der Waals surface area contributed by atoms with Crippen molar-refractivity contribution in [3.8, 4) is 0 Å². The van der Waals surface area contributed by atoms with Crippen LogP contribution in [0.5, 0.6) is 0 Å². The highest BCUT2D eigenvalue weighted by Crippen LogP contribution is 2.28. The minimum atomic E-state index is 0.252. The zero-order valence-corrected chi connectivity index (χ0v) is 15.1. The van der Waals surface area contributed by atoms with Gasteiger partial charge in [0.15, 0.2) is 0 Å². The fourth-order valence-corrected chi connectivity index (χ4v) is 4.08. The maximum absolute atomic E-state index is 12.7. The third-order valence-electron chi connectivity index (χ3n) is 5.38. The van der Waals surface area contributed by atoms with Crippen molar-refractivity contribution >= 4 is 11.6 Å². The number of anilines is 1. The van der Waals surface area contributed by atoms with E-state index in [0.717, 1.165) is 50.4 Å². The van der Waals surface area contributed by atoms with Gasteiger partial charge in [0.2, 0.25) is 5.91 Å². The summed E-state index contributed by atoms with van der Waals surface area (Å²) in [5.74, 6) is 0.252. The number of likely N-dealkylation sites (tertiary alicyclic amines) is 1. The second-order valence-electron chi connectivity index (χ2n) is 7.31. The van der Waals surface area contributed by atoms with Crippen LogP contribution in [-0.2, 0) is 11.2 Å². The van der Waals surface area contributed by atoms with Crippen molar-refractivity contribution < 1.29 is 4.79 Å². The van der Waals surface area contributed by atoms with Crippen LogP contribution in [0.15, 0.2) is 30.3 Å². The number of nitrogens with zero attached hydrogens (tertiary/aromatic N) is 4. The zero-order valence-electron chi connectivity index (χ0n) is 15.1. The van der Waals surface area contributed by atoms with Gasteiger partial charge in [0.25, 0.3) is 0 Å². The summed E-state index contributed by atoms with van der Waals surface area (Å²) < 4.78 is 2.13. The summed E-state index contributed by atoms with van der Waals surface area (Å²) in [4.78, 5) is 17.0. The van der Waals surface area contributed by atoms with Crippen molar-refractivity contribution in [2.45, 2.75) is 39.2 Å². The van der Waals surface area contributed by atoms with E-state index in [2.05, 4.69) is 45.9 Å². The molecule has 2 aliphatic rings. The molecule has 0 spiro atoms. The Morgan fingerprint density at radius 2 is 2.04 bits per heavy atom. The largest absolute Gasteiger partial charge is 0.312 e. The number of aryl methyl sites for hydroxylation is 3. The molecular weight excluding hydrogens is 312 g/mol. The quantitative estimate of drug-likeness (QED) is 0.861. The highest BCUT2D eigenvalue weighted by molar-refractivity contribution is 5.94. The number of amides is 1. The van der Waals surface area contributed by atoms with Crippen LogP contribution >= 0.6 is 0 Å². The summed E-state index contributed by atoms with van der Waals surface area (Å²) in [6.45, 7) is 7.82. The molecule has 0 unspecified atom stereocenters. The summed E-state index contributed by atoms with van der Waals surface area (Å²) in [6, 6.07) is 10.9. The molecule has 5 nitrogen and oxygen atoms in total. The summed E-state index contributed by atoms with van der Waals surface area (Å²) in [5.41, 5.74) is 4.72. The summed E-state index contributed by atoms with van der Waals surface area (Å²) in [7, 11) is 0. The molecule has 0 bridgehead atoms. The highest BCUT2D eigenvalue weighted by atomic mass is 16.2. The van der Waals surface area contributed by atoms with Crippen LogP contribution in [0.1, 0.15) is 35.8 Å². The van der Waals surface area contributed by atoms with Crippen molar-refractivity contribution in [2.24, 2.45) is 0 Å². The molecule has 0 N–H and O–H groups in total. The summed E-state index contributed by atoms with van der Waals surface area (Å²) in [6.07, 6.45) is 2.74. The number of para-hydroxylation sites is 1. The second-order valence-corrected chi connectivity index (χ2v) is 7.31. The molecule has 1 fully saturated rings. The van der Waals surface area contributed by atoms with Crippen LogP contribution < -0.4 is 4.90 Å². The van der Waals surface area contributed by atoms with E-state index in [9.17, 15) is 4.79 Å². The van der Waals surface area contributed by atoms with Crippen LogP contribution in [0.4, 0.5) is 5.69 Å². The lowest BCUT2D eigenvalue weighted by Crippen LogP contribution is -2.49. The minimum Gasteiger partial charge on any atom is -0.312 e. The molecule has 2 aliphatic heterocycles. The third-order valence-corrected chi connectivity index (χ3v) is 5.38. The van der Waals surface area contributed by atoms with Gasteiger partial charge in [-0.15, -0.1) is 0 Å². The summed E-state index contributed by atoms with van der Waals surface area (Å²) >= 11 is 0. The van der Waals surface area contributed by atoms with E-state index in [0.29, 0.717) is 12.5 Å². The van der Waals surface area contributed by atoms with Gasteiger partial charge in [-0.25, -0.2) is 0 Å². The van der Waals surface area contributed by atoms with E-state index in [4.69, 9.17) is 0 Å². The molecule has 1 amide bonds. The van der Waals surface area contributed by atoms with E-state index in [1.165, 1.54) is 11.3 Å². The molecule has 5 heteroatoms. The molecule has 1 aromatic heterocycles. The van der Waals surface area contributed by atoms with Crippen molar-refractivity contribution in [1.82, 2.24) is 14.7 Å². The normalized spacial score (nSPS) is 18.1. The maximum atomic E-state index is 12.7. The average Bonchev–Trinajstić information content (AvgIpc) is 2.91. The molecule has 4 rings (SSSR count). The molecular formula is C20H26N4O. The van der Waals surface area contributed by atoms with Gasteiger partial charge in [0.05, 0.1) is 11.7 Å². The van der Waals surface area contributed by atoms with Gasteiger partial charge in [0.1, 0.15) is 0 Å². The first-order valence-electron chi connectivity index (χ1n) is 9.25. The Morgan fingerprint density at radius 3 is 2.80 bits per heavy atom. The standard InChI is InChI=1S/C20H26N4O/c1-15-12-16(2)24(21-15)18-13-22(14-18)11-9-20(25)23-10-5-7-17-6-3-4-8-19(17)23/h3-4,6,8,12,18H,5,7,9-11,13-14H2,1-2H3. The van der Waals surface area contributed by atoms with Crippen LogP contribution in [0.25, 0.3) is 0 Å². The van der Waals surface area contributed by atoms with Gasteiger partial charge < -0.3 is 4.90 Å². The zero-order chi connectivity index (χ0) is 17.4. The number of hydrogen-bond donors (Lipinski definition) is 0. The lowest BCUT2D eigenvalue weighted by molar-refractivity contribution is -0.119. The number of carbonyl (C=O) groups excluding carboxylic acids is 1. The van der Waals surface area contributed by atoms with Gasteiger partial charge in [-0.3, -0.25) is 14.4 Å².